The van der Waals surface area contributed by atoms with Gasteiger partial charge in [-0.05, 0) is 5.92 Å². The van der Waals surface area contributed by atoms with Crippen molar-refractivity contribution >= 4 is 23.6 Å². The minimum absolute atomic E-state index is 0.00962. The lowest BCUT2D eigenvalue weighted by atomic mass is 9.99. The molecule has 1 unspecified atom stereocenters. The molecule has 2 amide bonds. The van der Waals surface area contributed by atoms with Crippen molar-refractivity contribution in [3.8, 4) is 12.3 Å². The molecule has 1 aliphatic heterocycles. The van der Waals surface area contributed by atoms with Gasteiger partial charge in [-0.15, -0.1) is 18.2 Å². The van der Waals surface area contributed by atoms with E-state index in [0.717, 1.165) is 5.75 Å². The number of carbonyl (C=O) groups is 2. The van der Waals surface area contributed by atoms with Crippen LogP contribution >= 0.6 is 11.8 Å². The fourth-order valence-electron chi connectivity index (χ4n) is 1.89. The molecule has 0 spiro atoms. The van der Waals surface area contributed by atoms with Crippen molar-refractivity contribution in [1.29, 1.82) is 0 Å². The average molecular weight is 254 g/mol. The van der Waals surface area contributed by atoms with Gasteiger partial charge in [0.2, 0.25) is 11.8 Å². The van der Waals surface area contributed by atoms with E-state index in [4.69, 9.17) is 6.42 Å². The molecule has 0 saturated carbocycles. The SMILES string of the molecule is C#CCSCCN1C(=O)CNC(=O)C1C(C)C. The number of carbonyl (C=O) groups excluding carboxylic acids is 2. The highest BCUT2D eigenvalue weighted by atomic mass is 32.2. The van der Waals surface area contributed by atoms with Gasteiger partial charge in [0.05, 0.1) is 12.3 Å². The number of hydrogen-bond donors (Lipinski definition) is 1. The van der Waals surface area contributed by atoms with Crippen LogP contribution < -0.4 is 5.32 Å². The van der Waals surface area contributed by atoms with E-state index in [1.807, 2.05) is 13.8 Å². The predicted octanol–water partition coefficient (Wildman–Crippen LogP) is 0.336. The van der Waals surface area contributed by atoms with Crippen LogP contribution in [-0.4, -0.2) is 47.4 Å². The summed E-state index contributed by atoms with van der Waals surface area (Å²) in [6.07, 6.45) is 5.16. The van der Waals surface area contributed by atoms with Crippen LogP contribution in [0.15, 0.2) is 0 Å². The lowest BCUT2D eigenvalue weighted by Crippen LogP contribution is -2.60. The van der Waals surface area contributed by atoms with Crippen molar-refractivity contribution in [2.24, 2.45) is 5.92 Å². The van der Waals surface area contributed by atoms with E-state index in [1.54, 1.807) is 16.7 Å². The van der Waals surface area contributed by atoms with Crippen molar-refractivity contribution < 1.29 is 9.59 Å². The zero-order valence-electron chi connectivity index (χ0n) is 10.2. The molecule has 17 heavy (non-hydrogen) atoms. The smallest absolute Gasteiger partial charge is 0.243 e. The number of nitrogens with zero attached hydrogens (tertiary/aromatic N) is 1. The zero-order valence-corrected chi connectivity index (χ0v) is 11.0. The summed E-state index contributed by atoms with van der Waals surface area (Å²) >= 11 is 1.60. The van der Waals surface area contributed by atoms with Crippen molar-refractivity contribution in [1.82, 2.24) is 10.2 Å². The number of hydrogen-bond acceptors (Lipinski definition) is 3. The number of piperazine rings is 1. The standard InChI is InChI=1S/C12H18N2O2S/c1-4-6-17-7-5-14-10(15)8-13-12(16)11(14)9(2)3/h1,9,11H,5-8H2,2-3H3,(H,13,16). The van der Waals surface area contributed by atoms with Gasteiger partial charge in [-0.1, -0.05) is 19.8 Å². The monoisotopic (exact) mass is 254 g/mol. The summed E-state index contributed by atoms with van der Waals surface area (Å²) in [5.74, 6) is 4.01. The minimum atomic E-state index is -0.345. The van der Waals surface area contributed by atoms with Gasteiger partial charge < -0.3 is 10.2 Å². The Balaban J connectivity index is 2.59. The molecule has 1 saturated heterocycles. The van der Waals surface area contributed by atoms with Crippen molar-refractivity contribution in [3.05, 3.63) is 0 Å². The summed E-state index contributed by atoms with van der Waals surface area (Å²) < 4.78 is 0. The van der Waals surface area contributed by atoms with Crippen LogP contribution in [0.1, 0.15) is 13.8 Å². The van der Waals surface area contributed by atoms with E-state index in [1.165, 1.54) is 0 Å². The molecule has 0 radical (unpaired) electrons. The van der Waals surface area contributed by atoms with E-state index < -0.39 is 0 Å². The molecule has 1 rings (SSSR count). The lowest BCUT2D eigenvalue weighted by Gasteiger charge is -2.37. The second-order valence-corrected chi connectivity index (χ2v) is 5.36. The van der Waals surface area contributed by atoms with Crippen LogP contribution in [0, 0.1) is 18.3 Å². The Kier molecular flexibility index (Phi) is 5.36. The largest absolute Gasteiger partial charge is 0.345 e. The maximum Gasteiger partial charge on any atom is 0.243 e. The Morgan fingerprint density at radius 1 is 1.59 bits per heavy atom. The Bertz CT molecular complexity index is 336. The fraction of sp³-hybridized carbons (Fsp3) is 0.667. The van der Waals surface area contributed by atoms with Crippen LogP contribution in [-0.2, 0) is 9.59 Å². The molecular weight excluding hydrogens is 236 g/mol. The molecule has 1 heterocycles. The summed E-state index contributed by atoms with van der Waals surface area (Å²) in [4.78, 5) is 25.2. The average Bonchev–Trinajstić information content (AvgIpc) is 2.28. The van der Waals surface area contributed by atoms with Gasteiger partial charge in [0.25, 0.3) is 0 Å². The molecule has 1 atom stereocenters. The summed E-state index contributed by atoms with van der Waals surface area (Å²) in [6, 6.07) is -0.345. The molecule has 1 N–H and O–H groups in total. The summed E-state index contributed by atoms with van der Waals surface area (Å²) in [5, 5.41) is 2.63. The van der Waals surface area contributed by atoms with E-state index in [9.17, 15) is 9.59 Å². The first-order chi connectivity index (χ1) is 8.07. The number of thioether (sulfide) groups is 1. The van der Waals surface area contributed by atoms with Gasteiger partial charge in [-0.2, -0.15) is 0 Å². The van der Waals surface area contributed by atoms with Gasteiger partial charge in [-0.3, -0.25) is 9.59 Å². The van der Waals surface area contributed by atoms with Gasteiger partial charge in [0.15, 0.2) is 0 Å². The second-order valence-electron chi connectivity index (χ2n) is 4.25. The number of nitrogens with one attached hydrogen (secondary N) is 1. The Labute approximate surface area is 107 Å². The molecule has 1 fully saturated rings. The first kappa shape index (κ1) is 13.9. The van der Waals surface area contributed by atoms with E-state index >= 15 is 0 Å². The fourth-order valence-corrected chi connectivity index (χ4v) is 2.47. The third-order valence-electron chi connectivity index (χ3n) is 2.63. The van der Waals surface area contributed by atoms with Crippen LogP contribution in [0.3, 0.4) is 0 Å². The van der Waals surface area contributed by atoms with Crippen LogP contribution in [0.2, 0.25) is 0 Å². The van der Waals surface area contributed by atoms with Crippen LogP contribution in [0.4, 0.5) is 0 Å². The first-order valence-electron chi connectivity index (χ1n) is 5.66. The summed E-state index contributed by atoms with van der Waals surface area (Å²) in [5.41, 5.74) is 0. The van der Waals surface area contributed by atoms with Gasteiger partial charge in [0, 0.05) is 12.3 Å². The van der Waals surface area contributed by atoms with Gasteiger partial charge >= 0.3 is 0 Å². The number of terminal acetylenes is 1. The molecule has 0 aromatic heterocycles. The summed E-state index contributed by atoms with van der Waals surface area (Å²) in [6.45, 7) is 4.60. The zero-order chi connectivity index (χ0) is 12.8. The topological polar surface area (TPSA) is 49.4 Å². The number of amides is 2. The lowest BCUT2D eigenvalue weighted by molar-refractivity contribution is -0.147. The highest BCUT2D eigenvalue weighted by molar-refractivity contribution is 7.99. The summed E-state index contributed by atoms with van der Waals surface area (Å²) in [7, 11) is 0. The van der Waals surface area contributed by atoms with Crippen molar-refractivity contribution in [2.45, 2.75) is 19.9 Å². The highest BCUT2D eigenvalue weighted by Gasteiger charge is 2.35. The molecule has 5 heteroatoms. The molecule has 0 aromatic carbocycles. The van der Waals surface area contributed by atoms with Crippen molar-refractivity contribution in [2.75, 3.05) is 24.6 Å². The molecular formula is C12H18N2O2S. The second kappa shape index (κ2) is 6.55. The molecule has 1 aliphatic rings. The molecule has 0 bridgehead atoms. The normalized spacial score (nSPS) is 20.4. The quantitative estimate of drug-likeness (QED) is 0.568. The molecule has 4 nitrogen and oxygen atoms in total. The maximum atomic E-state index is 11.8. The predicted molar refractivity (Wildman–Crippen MR) is 69.5 cm³/mol. The number of rotatable bonds is 5. The molecule has 94 valence electrons. The maximum absolute atomic E-state index is 11.8. The van der Waals surface area contributed by atoms with E-state index in [2.05, 4.69) is 11.2 Å². The van der Waals surface area contributed by atoms with Gasteiger partial charge in [0.1, 0.15) is 6.04 Å². The van der Waals surface area contributed by atoms with Crippen LogP contribution in [0.5, 0.6) is 0 Å². The Morgan fingerprint density at radius 3 is 2.88 bits per heavy atom. The third kappa shape index (κ3) is 3.67. The Hall–Kier alpha value is -1.15. The van der Waals surface area contributed by atoms with Crippen molar-refractivity contribution in [3.63, 3.8) is 0 Å². The first-order valence-corrected chi connectivity index (χ1v) is 6.81. The Morgan fingerprint density at radius 2 is 2.29 bits per heavy atom. The van der Waals surface area contributed by atoms with E-state index in [-0.39, 0.29) is 30.3 Å². The van der Waals surface area contributed by atoms with Crippen LogP contribution in [0.25, 0.3) is 0 Å². The van der Waals surface area contributed by atoms with Gasteiger partial charge in [-0.25, -0.2) is 0 Å². The highest BCUT2D eigenvalue weighted by Crippen LogP contribution is 2.15. The third-order valence-corrected chi connectivity index (χ3v) is 3.47. The molecule has 0 aliphatic carbocycles. The molecule has 0 aromatic rings. The van der Waals surface area contributed by atoms with E-state index in [0.29, 0.717) is 12.3 Å². The minimum Gasteiger partial charge on any atom is -0.345 e.